The zero-order valence-corrected chi connectivity index (χ0v) is 19.2. The van der Waals surface area contributed by atoms with Gasteiger partial charge in [0.1, 0.15) is 6.61 Å². The molecule has 31 heavy (non-hydrogen) atoms. The van der Waals surface area contributed by atoms with Crippen molar-refractivity contribution in [2.75, 3.05) is 19.7 Å². The molecule has 0 bridgehead atoms. The Morgan fingerprint density at radius 2 is 1.74 bits per heavy atom. The molecule has 2 aliphatic heterocycles. The van der Waals surface area contributed by atoms with Crippen molar-refractivity contribution in [1.82, 2.24) is 10.2 Å². The van der Waals surface area contributed by atoms with Crippen LogP contribution in [0.5, 0.6) is 0 Å². The maximum Gasteiger partial charge on any atom is 0.407 e. The van der Waals surface area contributed by atoms with Crippen LogP contribution in [0.3, 0.4) is 0 Å². The highest BCUT2D eigenvalue weighted by molar-refractivity contribution is 5.81. The van der Waals surface area contributed by atoms with Crippen molar-refractivity contribution in [3.63, 3.8) is 0 Å². The highest BCUT2D eigenvalue weighted by Crippen LogP contribution is 2.53. The summed E-state index contributed by atoms with van der Waals surface area (Å²) in [5, 5.41) is 2.89. The van der Waals surface area contributed by atoms with E-state index in [1.54, 1.807) is 0 Å². The normalized spacial score (nSPS) is 32.1. The molecule has 5 heteroatoms. The van der Waals surface area contributed by atoms with Crippen LogP contribution in [0.4, 0.5) is 4.79 Å². The highest BCUT2D eigenvalue weighted by Gasteiger charge is 2.54. The third kappa shape index (κ3) is 3.85. The van der Waals surface area contributed by atoms with E-state index in [-0.39, 0.29) is 28.9 Å². The van der Waals surface area contributed by atoms with Gasteiger partial charge in [0.25, 0.3) is 0 Å². The summed E-state index contributed by atoms with van der Waals surface area (Å²) in [5.74, 6) is 0.997. The maximum absolute atomic E-state index is 13.0. The standard InChI is InChI=1S/C26H36N2O3/c1-24(2,3)21-6-4-18(5-7-21)19-8-9-25(14-19)10-12-28(13-11-25)22(29)20-15-26(16-20)17-31-23(30)27-26/h4-7,19-20H,8-17H2,1-3H3,(H,27,30)/t19-,20?,26?/m0/s1. The number of likely N-dealkylation sites (tertiary alicyclic amines) is 1. The Kier molecular flexibility index (Phi) is 4.87. The fraction of sp³-hybridized carbons (Fsp3) is 0.692. The van der Waals surface area contributed by atoms with Crippen LogP contribution in [0.25, 0.3) is 0 Å². The molecule has 1 aromatic carbocycles. The van der Waals surface area contributed by atoms with E-state index in [0.29, 0.717) is 17.9 Å². The number of hydrogen-bond acceptors (Lipinski definition) is 3. The summed E-state index contributed by atoms with van der Waals surface area (Å²) in [4.78, 5) is 26.4. The lowest BCUT2D eigenvalue weighted by Gasteiger charge is -2.46. The molecule has 168 valence electrons. The van der Waals surface area contributed by atoms with E-state index in [1.165, 1.54) is 30.4 Å². The first-order chi connectivity index (χ1) is 14.7. The zero-order chi connectivity index (χ0) is 21.9. The van der Waals surface area contributed by atoms with Gasteiger partial charge in [-0.2, -0.15) is 0 Å². The smallest absolute Gasteiger partial charge is 0.407 e. The Balaban J connectivity index is 1.14. The first-order valence-corrected chi connectivity index (χ1v) is 12.0. The number of carbonyl (C=O) groups is 2. The van der Waals surface area contributed by atoms with Crippen molar-refractivity contribution in [3.8, 4) is 0 Å². The summed E-state index contributed by atoms with van der Waals surface area (Å²) in [6.45, 7) is 8.99. The number of cyclic esters (lactones) is 1. The first-order valence-electron chi connectivity index (χ1n) is 12.0. The summed E-state index contributed by atoms with van der Waals surface area (Å²) in [5.41, 5.74) is 3.24. The van der Waals surface area contributed by atoms with Gasteiger partial charge in [0.15, 0.2) is 0 Å². The molecule has 5 rings (SSSR count). The Hall–Kier alpha value is -2.04. The summed E-state index contributed by atoms with van der Waals surface area (Å²) in [7, 11) is 0. The van der Waals surface area contributed by atoms with Crippen LogP contribution in [0.15, 0.2) is 24.3 Å². The molecule has 2 heterocycles. The van der Waals surface area contributed by atoms with Crippen molar-refractivity contribution in [1.29, 1.82) is 0 Å². The Morgan fingerprint density at radius 3 is 2.32 bits per heavy atom. The van der Waals surface area contributed by atoms with Crippen LogP contribution in [0.1, 0.15) is 82.8 Å². The molecule has 2 saturated heterocycles. The second-order valence-electron chi connectivity index (χ2n) is 11.7. The zero-order valence-electron chi connectivity index (χ0n) is 19.2. The van der Waals surface area contributed by atoms with Gasteiger partial charge >= 0.3 is 6.09 Å². The van der Waals surface area contributed by atoms with E-state index >= 15 is 0 Å². The maximum atomic E-state index is 13.0. The van der Waals surface area contributed by atoms with Crippen molar-refractivity contribution in [3.05, 3.63) is 35.4 Å². The van der Waals surface area contributed by atoms with Gasteiger partial charge in [-0.25, -0.2) is 4.79 Å². The molecule has 1 atom stereocenters. The fourth-order valence-electron chi connectivity index (χ4n) is 6.43. The molecule has 2 spiro atoms. The lowest BCUT2D eigenvalue weighted by Crippen LogP contribution is -2.59. The van der Waals surface area contributed by atoms with Gasteiger partial charge in [-0.05, 0) is 72.8 Å². The minimum Gasteiger partial charge on any atom is -0.447 e. The number of benzene rings is 1. The molecule has 2 aliphatic carbocycles. The van der Waals surface area contributed by atoms with Gasteiger partial charge in [0.2, 0.25) is 5.91 Å². The summed E-state index contributed by atoms with van der Waals surface area (Å²) in [6.07, 6.45) is 7.21. The van der Waals surface area contributed by atoms with E-state index in [0.717, 1.165) is 38.8 Å². The number of carbonyl (C=O) groups excluding carboxylic acids is 2. The number of amides is 2. The van der Waals surface area contributed by atoms with Gasteiger partial charge in [-0.1, -0.05) is 45.0 Å². The van der Waals surface area contributed by atoms with Crippen LogP contribution in [-0.2, 0) is 14.9 Å². The number of piperidine rings is 1. The Morgan fingerprint density at radius 1 is 1.06 bits per heavy atom. The molecular formula is C26H36N2O3. The van der Waals surface area contributed by atoms with Crippen molar-refractivity contribution in [2.45, 2.75) is 82.6 Å². The van der Waals surface area contributed by atoms with Gasteiger partial charge < -0.3 is 15.0 Å². The number of alkyl carbamates (subject to hydrolysis) is 1. The predicted molar refractivity (Wildman–Crippen MR) is 120 cm³/mol. The SMILES string of the molecule is CC(C)(C)c1ccc([C@H]2CCC3(CCN(C(=O)C4CC5(COC(=O)N5)C4)CC3)C2)cc1. The van der Waals surface area contributed by atoms with Crippen LogP contribution in [0, 0.1) is 11.3 Å². The molecule has 1 aromatic rings. The topological polar surface area (TPSA) is 58.6 Å². The van der Waals surface area contributed by atoms with Crippen LogP contribution in [-0.4, -0.2) is 42.1 Å². The average Bonchev–Trinajstić information content (AvgIpc) is 3.31. The number of nitrogens with zero attached hydrogens (tertiary/aromatic N) is 1. The monoisotopic (exact) mass is 424 g/mol. The van der Waals surface area contributed by atoms with Crippen LogP contribution >= 0.6 is 0 Å². The largest absolute Gasteiger partial charge is 0.447 e. The molecule has 2 amide bonds. The molecule has 2 saturated carbocycles. The van der Waals surface area contributed by atoms with Crippen molar-refractivity contribution in [2.24, 2.45) is 11.3 Å². The lowest BCUT2D eigenvalue weighted by atomic mass is 9.68. The number of nitrogens with one attached hydrogen (secondary N) is 1. The lowest BCUT2D eigenvalue weighted by molar-refractivity contribution is -0.143. The second kappa shape index (κ2) is 7.25. The second-order valence-corrected chi connectivity index (χ2v) is 11.7. The predicted octanol–water partition coefficient (Wildman–Crippen LogP) is 4.75. The number of ether oxygens (including phenoxy) is 1. The minimum absolute atomic E-state index is 0.0497. The summed E-state index contributed by atoms with van der Waals surface area (Å²) in [6, 6.07) is 9.32. The van der Waals surface area contributed by atoms with E-state index in [9.17, 15) is 9.59 Å². The Labute approximate surface area is 185 Å². The average molecular weight is 425 g/mol. The number of hydrogen-bond donors (Lipinski definition) is 1. The third-order valence-corrected chi connectivity index (χ3v) is 8.56. The highest BCUT2D eigenvalue weighted by atomic mass is 16.6. The van der Waals surface area contributed by atoms with Gasteiger partial charge in [0, 0.05) is 19.0 Å². The molecular weight excluding hydrogens is 388 g/mol. The Bertz CT molecular complexity index is 856. The molecule has 0 aromatic heterocycles. The van der Waals surface area contributed by atoms with Crippen LogP contribution in [0.2, 0.25) is 0 Å². The van der Waals surface area contributed by atoms with Crippen molar-refractivity contribution < 1.29 is 14.3 Å². The van der Waals surface area contributed by atoms with Gasteiger partial charge in [0.05, 0.1) is 5.54 Å². The first kappa shape index (κ1) is 20.8. The minimum atomic E-state index is -0.338. The molecule has 0 radical (unpaired) electrons. The van der Waals surface area contributed by atoms with Gasteiger partial charge in [-0.3, -0.25) is 4.79 Å². The fourth-order valence-corrected chi connectivity index (χ4v) is 6.43. The molecule has 4 aliphatic rings. The van der Waals surface area contributed by atoms with E-state index in [4.69, 9.17) is 4.74 Å². The molecule has 0 unspecified atom stereocenters. The van der Waals surface area contributed by atoms with E-state index in [2.05, 4.69) is 55.3 Å². The number of rotatable bonds is 2. The summed E-state index contributed by atoms with van der Waals surface area (Å²) >= 11 is 0. The summed E-state index contributed by atoms with van der Waals surface area (Å²) < 4.78 is 5.04. The van der Waals surface area contributed by atoms with E-state index < -0.39 is 0 Å². The quantitative estimate of drug-likeness (QED) is 0.745. The molecule has 4 fully saturated rings. The third-order valence-electron chi connectivity index (χ3n) is 8.56. The molecule has 1 N–H and O–H groups in total. The van der Waals surface area contributed by atoms with E-state index in [1.807, 2.05) is 0 Å². The molecule has 5 nitrogen and oxygen atoms in total. The van der Waals surface area contributed by atoms with Crippen LogP contribution < -0.4 is 5.32 Å². The van der Waals surface area contributed by atoms with Gasteiger partial charge in [-0.15, -0.1) is 0 Å². The van der Waals surface area contributed by atoms with Crippen molar-refractivity contribution >= 4 is 12.0 Å².